The lowest BCUT2D eigenvalue weighted by atomic mass is 10.0. The molecule has 0 saturated carbocycles. The van der Waals surface area contributed by atoms with Gasteiger partial charge in [-0.15, -0.1) is 0 Å². The van der Waals surface area contributed by atoms with E-state index in [2.05, 4.69) is 26.1 Å². The Morgan fingerprint density at radius 2 is 0.838 bits per heavy atom. The van der Waals surface area contributed by atoms with Gasteiger partial charge in [-0.2, -0.15) is 0 Å². The van der Waals surface area contributed by atoms with E-state index in [4.69, 9.17) is 13.8 Å². The number of phosphoric acid groups is 1. The van der Waals surface area contributed by atoms with Gasteiger partial charge in [0.25, 0.3) is 7.82 Å². The van der Waals surface area contributed by atoms with Crippen molar-refractivity contribution in [2.45, 2.75) is 309 Å². The Bertz CT molecular complexity index is 1180. The molecule has 10 heteroatoms. The molecule has 0 heterocycles. The maximum atomic E-state index is 13.5. The van der Waals surface area contributed by atoms with Crippen molar-refractivity contribution in [3.8, 4) is 0 Å². The molecule has 0 aromatic carbocycles. The highest BCUT2D eigenvalue weighted by Gasteiger charge is 2.27. The van der Waals surface area contributed by atoms with Crippen molar-refractivity contribution < 1.29 is 37.3 Å². The predicted molar refractivity (Wildman–Crippen MR) is 289 cm³/mol. The highest BCUT2D eigenvalue weighted by Crippen LogP contribution is 2.38. The number of ether oxygens (including phenoxy) is 1. The Labute approximate surface area is 422 Å². The molecule has 0 aliphatic heterocycles. The zero-order valence-electron chi connectivity index (χ0n) is 46.1. The van der Waals surface area contributed by atoms with E-state index < -0.39 is 20.0 Å². The molecule has 0 aromatic heterocycles. The summed E-state index contributed by atoms with van der Waals surface area (Å²) in [5.41, 5.74) is 0. The van der Waals surface area contributed by atoms with Gasteiger partial charge in [0.05, 0.1) is 33.8 Å². The number of likely N-dealkylation sites (N-methyl/N-ethyl adjacent to an activating group) is 1. The summed E-state index contributed by atoms with van der Waals surface area (Å²) in [5, 5.41) is 3.03. The first kappa shape index (κ1) is 66.8. The van der Waals surface area contributed by atoms with Crippen LogP contribution in [0.3, 0.4) is 0 Å². The quantitative estimate of drug-likeness (QED) is 0.0212. The van der Waals surface area contributed by atoms with Gasteiger partial charge in [0.15, 0.2) is 0 Å². The number of hydrogen-bond acceptors (Lipinski definition) is 7. The molecular weight excluding hydrogens is 868 g/mol. The summed E-state index contributed by atoms with van der Waals surface area (Å²) in [6.07, 6.45) is 54.5. The average molecular weight is 984 g/mol. The highest BCUT2D eigenvalue weighted by atomic mass is 31.2. The third-order valence-electron chi connectivity index (χ3n) is 13.5. The largest absolute Gasteiger partial charge is 0.756 e. The molecule has 0 radical (unpaired) electrons. The van der Waals surface area contributed by atoms with Crippen LogP contribution in [0.15, 0.2) is 12.2 Å². The molecule has 0 fully saturated rings. The van der Waals surface area contributed by atoms with Gasteiger partial charge in [0.2, 0.25) is 5.91 Å². The van der Waals surface area contributed by atoms with E-state index in [0.29, 0.717) is 17.4 Å². The minimum absolute atomic E-state index is 0.0169. The second kappa shape index (κ2) is 49.3. The number of phosphoric ester groups is 1. The van der Waals surface area contributed by atoms with Crippen LogP contribution in [-0.4, -0.2) is 69.4 Å². The number of esters is 1. The summed E-state index contributed by atoms with van der Waals surface area (Å²) in [4.78, 5) is 39.8. The molecule has 68 heavy (non-hydrogen) atoms. The van der Waals surface area contributed by atoms with E-state index >= 15 is 0 Å². The smallest absolute Gasteiger partial charge is 0.306 e. The van der Waals surface area contributed by atoms with Crippen molar-refractivity contribution in [1.29, 1.82) is 0 Å². The number of hydrogen-bond donors (Lipinski definition) is 1. The molecule has 9 nitrogen and oxygen atoms in total. The van der Waals surface area contributed by atoms with Gasteiger partial charge in [-0.1, -0.05) is 264 Å². The van der Waals surface area contributed by atoms with Gasteiger partial charge >= 0.3 is 5.97 Å². The number of allylic oxidation sites excluding steroid dienone is 1. The van der Waals surface area contributed by atoms with Crippen molar-refractivity contribution >= 4 is 19.7 Å². The number of rotatable bonds is 54. The van der Waals surface area contributed by atoms with Crippen LogP contribution in [0.2, 0.25) is 0 Å². The first-order valence-corrected chi connectivity index (χ1v) is 31.0. The standard InChI is InChI=1S/C58H115N2O7P/c1-7-10-13-16-19-22-25-28-30-31-32-35-38-41-44-47-50-57(61)59-55(54-66-68(63,64)65-53-52-60(4,5)6)56(49-46-43-40-37-34-27-24-21-18-15-12-9-3)67-58(62)51-48-45-42-39-36-33-29-26-23-20-17-14-11-8-2/h46,49,55-56H,7-45,47-48,50-54H2,1-6H3,(H-,59,61,63,64)/b49-46+. The Morgan fingerprint density at radius 1 is 0.500 bits per heavy atom. The topological polar surface area (TPSA) is 114 Å². The Kier molecular flexibility index (Phi) is 48.4. The minimum atomic E-state index is -4.68. The molecule has 0 bridgehead atoms. The minimum Gasteiger partial charge on any atom is -0.756 e. The second-order valence-electron chi connectivity index (χ2n) is 21.5. The molecule has 0 aliphatic carbocycles. The fraction of sp³-hybridized carbons (Fsp3) is 0.931. The van der Waals surface area contributed by atoms with Crippen LogP contribution in [0, 0.1) is 0 Å². The zero-order chi connectivity index (χ0) is 50.1. The number of unbranched alkanes of at least 4 members (excludes halogenated alkanes) is 38. The SMILES string of the molecule is CCCCCCCCCCCC/C=C/C(OC(=O)CCCCCCCCCCCCCCCC)C(COP(=O)([O-])OCC[N+](C)(C)C)NC(=O)CCCCCCCCCCCCCCCCCC. The molecule has 1 amide bonds. The lowest BCUT2D eigenvalue weighted by Crippen LogP contribution is -2.47. The van der Waals surface area contributed by atoms with Crippen molar-refractivity contribution in [3.05, 3.63) is 12.2 Å². The van der Waals surface area contributed by atoms with Gasteiger partial charge < -0.3 is 28.5 Å². The maximum absolute atomic E-state index is 13.5. The third kappa shape index (κ3) is 49.7. The molecule has 3 atom stereocenters. The molecule has 0 rings (SSSR count). The van der Waals surface area contributed by atoms with Crippen LogP contribution in [0.4, 0.5) is 0 Å². The lowest BCUT2D eigenvalue weighted by molar-refractivity contribution is -0.870. The number of nitrogens with one attached hydrogen (secondary N) is 1. The van der Waals surface area contributed by atoms with E-state index in [1.165, 1.54) is 205 Å². The van der Waals surface area contributed by atoms with Crippen LogP contribution in [0.5, 0.6) is 0 Å². The molecule has 0 saturated heterocycles. The average Bonchev–Trinajstić information content (AvgIpc) is 3.29. The van der Waals surface area contributed by atoms with E-state index in [9.17, 15) is 19.0 Å². The number of amides is 1. The molecule has 0 aromatic rings. The van der Waals surface area contributed by atoms with E-state index in [1.807, 2.05) is 33.3 Å². The second-order valence-corrected chi connectivity index (χ2v) is 22.9. The van der Waals surface area contributed by atoms with Crippen LogP contribution < -0.4 is 10.2 Å². The van der Waals surface area contributed by atoms with Gasteiger partial charge in [0, 0.05) is 12.8 Å². The van der Waals surface area contributed by atoms with E-state index in [0.717, 1.165) is 57.8 Å². The Morgan fingerprint density at radius 3 is 1.21 bits per heavy atom. The van der Waals surface area contributed by atoms with E-state index in [1.54, 1.807) is 0 Å². The summed E-state index contributed by atoms with van der Waals surface area (Å²) < 4.78 is 30.3. The van der Waals surface area contributed by atoms with Gasteiger partial charge in [-0.05, 0) is 31.8 Å². The first-order chi connectivity index (χ1) is 32.9. The molecular formula is C58H115N2O7P. The fourth-order valence-electron chi connectivity index (χ4n) is 8.88. The number of carbonyl (C=O) groups excluding carboxylic acids is 2. The van der Waals surface area contributed by atoms with Crippen LogP contribution >= 0.6 is 7.82 Å². The van der Waals surface area contributed by atoms with Crippen LogP contribution in [0.1, 0.15) is 297 Å². The van der Waals surface area contributed by atoms with Crippen LogP contribution in [0.25, 0.3) is 0 Å². The van der Waals surface area contributed by atoms with Gasteiger partial charge in [-0.3, -0.25) is 14.2 Å². The summed E-state index contributed by atoms with van der Waals surface area (Å²) in [6.45, 7) is 6.88. The van der Waals surface area contributed by atoms with Gasteiger partial charge in [0.1, 0.15) is 19.3 Å². The molecule has 3 unspecified atom stereocenters. The maximum Gasteiger partial charge on any atom is 0.306 e. The van der Waals surface area contributed by atoms with Gasteiger partial charge in [-0.25, -0.2) is 0 Å². The summed E-state index contributed by atoms with van der Waals surface area (Å²) in [6, 6.07) is -0.878. The van der Waals surface area contributed by atoms with Crippen molar-refractivity contribution in [2.75, 3.05) is 40.9 Å². The first-order valence-electron chi connectivity index (χ1n) is 29.5. The molecule has 404 valence electrons. The Balaban J connectivity index is 5.28. The fourth-order valence-corrected chi connectivity index (χ4v) is 9.60. The molecule has 0 spiro atoms. The Hall–Kier alpha value is -1.25. The molecule has 1 N–H and O–H groups in total. The molecule has 0 aliphatic rings. The normalized spacial score (nSPS) is 13.8. The van der Waals surface area contributed by atoms with E-state index in [-0.39, 0.29) is 31.5 Å². The number of carbonyl (C=O) groups is 2. The summed E-state index contributed by atoms with van der Waals surface area (Å²) in [7, 11) is 1.20. The third-order valence-corrected chi connectivity index (χ3v) is 14.4. The summed E-state index contributed by atoms with van der Waals surface area (Å²) >= 11 is 0. The number of nitrogens with zero attached hydrogens (tertiary/aromatic N) is 1. The summed E-state index contributed by atoms with van der Waals surface area (Å²) in [5.74, 6) is -0.522. The monoisotopic (exact) mass is 983 g/mol. The lowest BCUT2D eigenvalue weighted by Gasteiger charge is -2.30. The highest BCUT2D eigenvalue weighted by molar-refractivity contribution is 7.45. The zero-order valence-corrected chi connectivity index (χ0v) is 47.0. The van der Waals surface area contributed by atoms with Crippen LogP contribution in [-0.2, 0) is 27.9 Å². The number of quaternary nitrogens is 1. The van der Waals surface area contributed by atoms with Crippen molar-refractivity contribution in [3.63, 3.8) is 0 Å². The van der Waals surface area contributed by atoms with Crippen molar-refractivity contribution in [1.82, 2.24) is 5.32 Å². The predicted octanol–water partition coefficient (Wildman–Crippen LogP) is 17.0. The van der Waals surface area contributed by atoms with Crippen molar-refractivity contribution in [2.24, 2.45) is 0 Å².